The SMILES string of the molecule is O=[N+]([O-])c1ccc(N2CCN(S(=O)(=O)c3cccc(Cl)c3)CC2)c2ncccc12. The number of nitro groups is 1. The molecule has 150 valence electrons. The Morgan fingerprint density at radius 1 is 1.03 bits per heavy atom. The highest BCUT2D eigenvalue weighted by Crippen LogP contribution is 2.33. The number of piperazine rings is 1. The van der Waals surface area contributed by atoms with Crippen molar-refractivity contribution in [3.05, 3.63) is 69.9 Å². The third-order valence-corrected chi connectivity index (χ3v) is 7.06. The van der Waals surface area contributed by atoms with E-state index in [1.54, 1.807) is 36.5 Å². The fourth-order valence-electron chi connectivity index (χ4n) is 3.50. The summed E-state index contributed by atoms with van der Waals surface area (Å²) in [5.74, 6) is 0. The van der Waals surface area contributed by atoms with Crippen LogP contribution < -0.4 is 4.90 Å². The van der Waals surface area contributed by atoms with Gasteiger partial charge in [0.05, 0.1) is 20.9 Å². The van der Waals surface area contributed by atoms with Crippen LogP contribution in [0.5, 0.6) is 0 Å². The van der Waals surface area contributed by atoms with Gasteiger partial charge in [-0.2, -0.15) is 4.31 Å². The van der Waals surface area contributed by atoms with Gasteiger partial charge >= 0.3 is 0 Å². The second-order valence-electron chi connectivity index (χ2n) is 6.61. The molecule has 0 spiro atoms. The Morgan fingerprint density at radius 2 is 1.79 bits per heavy atom. The van der Waals surface area contributed by atoms with Crippen molar-refractivity contribution in [2.75, 3.05) is 31.1 Å². The average molecular weight is 433 g/mol. The first kappa shape index (κ1) is 19.6. The Balaban J connectivity index is 1.59. The normalized spacial score (nSPS) is 15.6. The third-order valence-electron chi connectivity index (χ3n) is 4.94. The van der Waals surface area contributed by atoms with Crippen molar-refractivity contribution in [1.29, 1.82) is 0 Å². The van der Waals surface area contributed by atoms with E-state index < -0.39 is 14.9 Å². The molecule has 1 aliphatic heterocycles. The number of rotatable bonds is 4. The zero-order valence-electron chi connectivity index (χ0n) is 15.2. The summed E-state index contributed by atoms with van der Waals surface area (Å²) in [7, 11) is -3.63. The molecule has 0 aliphatic carbocycles. The second-order valence-corrected chi connectivity index (χ2v) is 8.98. The molecule has 29 heavy (non-hydrogen) atoms. The number of fused-ring (bicyclic) bond motifs is 1. The third kappa shape index (κ3) is 3.64. The quantitative estimate of drug-likeness (QED) is 0.463. The highest BCUT2D eigenvalue weighted by atomic mass is 35.5. The Labute approximate surface area is 172 Å². The van der Waals surface area contributed by atoms with Crippen LogP contribution in [0.1, 0.15) is 0 Å². The van der Waals surface area contributed by atoms with Crippen LogP contribution in [0.15, 0.2) is 59.6 Å². The van der Waals surface area contributed by atoms with E-state index in [1.165, 1.54) is 22.5 Å². The minimum atomic E-state index is -3.63. The van der Waals surface area contributed by atoms with Gasteiger partial charge in [-0.05, 0) is 36.4 Å². The largest absolute Gasteiger partial charge is 0.367 e. The lowest BCUT2D eigenvalue weighted by molar-refractivity contribution is -0.383. The minimum absolute atomic E-state index is 0.000907. The first-order valence-corrected chi connectivity index (χ1v) is 10.7. The topological polar surface area (TPSA) is 96.6 Å². The van der Waals surface area contributed by atoms with Gasteiger partial charge in [0.15, 0.2) is 0 Å². The van der Waals surface area contributed by atoms with Gasteiger partial charge in [0.2, 0.25) is 10.0 Å². The predicted molar refractivity (Wildman–Crippen MR) is 111 cm³/mol. The van der Waals surface area contributed by atoms with Gasteiger partial charge in [0.1, 0.15) is 5.52 Å². The van der Waals surface area contributed by atoms with Crippen LogP contribution in [0.25, 0.3) is 10.9 Å². The maximum absolute atomic E-state index is 12.9. The molecular weight excluding hydrogens is 416 g/mol. The van der Waals surface area contributed by atoms with Crippen LogP contribution in [-0.4, -0.2) is 48.8 Å². The van der Waals surface area contributed by atoms with Gasteiger partial charge < -0.3 is 4.90 Å². The van der Waals surface area contributed by atoms with Crippen LogP contribution in [-0.2, 0) is 10.0 Å². The van der Waals surface area contributed by atoms with Gasteiger partial charge in [-0.3, -0.25) is 15.1 Å². The lowest BCUT2D eigenvalue weighted by Crippen LogP contribution is -2.48. The number of hydrogen-bond donors (Lipinski definition) is 0. The summed E-state index contributed by atoms with van der Waals surface area (Å²) in [5, 5.41) is 12.1. The Morgan fingerprint density at radius 3 is 2.48 bits per heavy atom. The van der Waals surface area contributed by atoms with Crippen molar-refractivity contribution >= 4 is 43.9 Å². The van der Waals surface area contributed by atoms with Crippen molar-refractivity contribution in [2.24, 2.45) is 0 Å². The predicted octanol–water partition coefficient (Wildman–Crippen LogP) is 3.31. The fraction of sp³-hybridized carbons (Fsp3) is 0.211. The lowest BCUT2D eigenvalue weighted by atomic mass is 10.1. The van der Waals surface area contributed by atoms with E-state index in [1.807, 2.05) is 4.90 Å². The molecule has 1 fully saturated rings. The summed E-state index contributed by atoms with van der Waals surface area (Å²) in [6, 6.07) is 12.7. The number of nitrogens with zero attached hydrogens (tertiary/aromatic N) is 4. The molecule has 0 saturated carbocycles. The van der Waals surface area contributed by atoms with E-state index in [-0.39, 0.29) is 10.6 Å². The van der Waals surface area contributed by atoms with E-state index in [0.717, 1.165) is 5.69 Å². The van der Waals surface area contributed by atoms with Crippen molar-refractivity contribution in [2.45, 2.75) is 4.90 Å². The second kappa shape index (κ2) is 7.58. The highest BCUT2D eigenvalue weighted by molar-refractivity contribution is 7.89. The first-order chi connectivity index (χ1) is 13.9. The molecule has 10 heteroatoms. The molecule has 4 rings (SSSR count). The summed E-state index contributed by atoms with van der Waals surface area (Å²) >= 11 is 5.94. The standard InChI is InChI=1S/C19H17ClN4O4S/c20-14-3-1-4-15(13-14)29(27,28)23-11-9-22(10-12-23)18-7-6-17(24(25)26)16-5-2-8-21-19(16)18/h1-8,13H,9-12H2. The number of sulfonamides is 1. The smallest absolute Gasteiger partial charge is 0.278 e. The molecule has 0 amide bonds. The number of halogens is 1. The summed E-state index contributed by atoms with van der Waals surface area (Å²) in [4.78, 5) is 17.4. The van der Waals surface area contributed by atoms with Crippen LogP contribution in [0.3, 0.4) is 0 Å². The average Bonchev–Trinajstić information content (AvgIpc) is 2.73. The molecule has 2 heterocycles. The first-order valence-electron chi connectivity index (χ1n) is 8.91. The van der Waals surface area contributed by atoms with Crippen LogP contribution >= 0.6 is 11.6 Å². The van der Waals surface area contributed by atoms with Gasteiger partial charge in [-0.25, -0.2) is 8.42 Å². The van der Waals surface area contributed by atoms with E-state index in [9.17, 15) is 18.5 Å². The molecule has 0 radical (unpaired) electrons. The number of nitro benzene ring substituents is 1. The maximum atomic E-state index is 12.9. The molecule has 8 nitrogen and oxygen atoms in total. The number of aromatic nitrogens is 1. The lowest BCUT2D eigenvalue weighted by Gasteiger charge is -2.35. The fourth-order valence-corrected chi connectivity index (χ4v) is 5.23. The summed E-state index contributed by atoms with van der Waals surface area (Å²) < 4.78 is 27.2. The highest BCUT2D eigenvalue weighted by Gasteiger charge is 2.30. The number of anilines is 1. The Hall–Kier alpha value is -2.75. The van der Waals surface area contributed by atoms with E-state index in [4.69, 9.17) is 11.6 Å². The summed E-state index contributed by atoms with van der Waals surface area (Å²) in [6.07, 6.45) is 1.59. The number of hydrogen-bond acceptors (Lipinski definition) is 6. The zero-order chi connectivity index (χ0) is 20.6. The van der Waals surface area contributed by atoms with E-state index in [2.05, 4.69) is 4.98 Å². The maximum Gasteiger partial charge on any atom is 0.278 e. The van der Waals surface area contributed by atoms with Crippen molar-refractivity contribution in [3.63, 3.8) is 0 Å². The Bertz CT molecular complexity index is 1190. The number of pyridine rings is 1. The van der Waals surface area contributed by atoms with Gasteiger partial charge in [0.25, 0.3) is 5.69 Å². The molecule has 3 aromatic rings. The number of non-ortho nitro benzene ring substituents is 1. The van der Waals surface area contributed by atoms with Gasteiger partial charge in [0, 0.05) is 43.5 Å². The molecule has 0 N–H and O–H groups in total. The molecular formula is C19H17ClN4O4S. The molecule has 0 unspecified atom stereocenters. The molecule has 1 aromatic heterocycles. The summed E-state index contributed by atoms with van der Waals surface area (Å²) in [6.45, 7) is 1.48. The monoisotopic (exact) mass is 432 g/mol. The minimum Gasteiger partial charge on any atom is -0.367 e. The van der Waals surface area contributed by atoms with Crippen molar-refractivity contribution in [1.82, 2.24) is 9.29 Å². The van der Waals surface area contributed by atoms with Gasteiger partial charge in [-0.1, -0.05) is 17.7 Å². The van der Waals surface area contributed by atoms with Crippen LogP contribution in [0.4, 0.5) is 11.4 Å². The Kier molecular flexibility index (Phi) is 5.12. The molecule has 1 saturated heterocycles. The van der Waals surface area contributed by atoms with E-state index >= 15 is 0 Å². The molecule has 0 bridgehead atoms. The molecule has 1 aliphatic rings. The van der Waals surface area contributed by atoms with E-state index in [0.29, 0.717) is 42.1 Å². The summed E-state index contributed by atoms with van der Waals surface area (Å²) in [5.41, 5.74) is 1.29. The molecule has 2 aromatic carbocycles. The zero-order valence-corrected chi connectivity index (χ0v) is 16.8. The number of benzene rings is 2. The van der Waals surface area contributed by atoms with Crippen LogP contribution in [0, 0.1) is 10.1 Å². The van der Waals surface area contributed by atoms with Gasteiger partial charge in [-0.15, -0.1) is 0 Å². The van der Waals surface area contributed by atoms with Crippen molar-refractivity contribution in [3.8, 4) is 0 Å². The van der Waals surface area contributed by atoms with Crippen molar-refractivity contribution < 1.29 is 13.3 Å². The molecule has 0 atom stereocenters. The van der Waals surface area contributed by atoms with Crippen LogP contribution in [0.2, 0.25) is 5.02 Å².